The summed E-state index contributed by atoms with van der Waals surface area (Å²) >= 11 is 0. The largest absolute Gasteiger partial charge is 0.497 e. The van der Waals surface area contributed by atoms with Gasteiger partial charge in [0.25, 0.3) is 0 Å². The molecule has 0 aromatic heterocycles. The van der Waals surface area contributed by atoms with Crippen molar-refractivity contribution in [1.29, 1.82) is 0 Å². The molecule has 3 aliphatic heterocycles. The number of nitrogens with zero attached hydrogens (tertiary/aromatic N) is 1. The Hall–Kier alpha value is -1.79. The summed E-state index contributed by atoms with van der Waals surface area (Å²) in [6.07, 6.45) is 7.04. The SMILES string of the molecule is COc1ccc(CNC(=O)C2CCN(C(=O)CC3CC4CCC(C3)N4)CC2)cc1.Cl. The van der Waals surface area contributed by atoms with E-state index < -0.39 is 0 Å². The minimum absolute atomic E-state index is 0. The van der Waals surface area contributed by atoms with Crippen LogP contribution in [0.15, 0.2) is 24.3 Å². The van der Waals surface area contributed by atoms with Gasteiger partial charge in [0, 0.05) is 44.1 Å². The van der Waals surface area contributed by atoms with Gasteiger partial charge in [-0.3, -0.25) is 9.59 Å². The normalized spacial score (nSPS) is 26.0. The molecular formula is C23H34ClN3O3. The van der Waals surface area contributed by atoms with Gasteiger partial charge in [-0.15, -0.1) is 12.4 Å². The summed E-state index contributed by atoms with van der Waals surface area (Å²) in [4.78, 5) is 27.2. The number of piperidine rings is 2. The van der Waals surface area contributed by atoms with Crippen molar-refractivity contribution in [3.05, 3.63) is 29.8 Å². The molecule has 166 valence electrons. The van der Waals surface area contributed by atoms with Gasteiger partial charge in [0.15, 0.2) is 0 Å². The smallest absolute Gasteiger partial charge is 0.223 e. The molecule has 2 N–H and O–H groups in total. The van der Waals surface area contributed by atoms with Crippen LogP contribution in [0.3, 0.4) is 0 Å². The summed E-state index contributed by atoms with van der Waals surface area (Å²) in [5.74, 6) is 1.74. The molecule has 3 heterocycles. The Labute approximate surface area is 185 Å². The van der Waals surface area contributed by atoms with Gasteiger partial charge in [-0.25, -0.2) is 0 Å². The Bertz CT molecular complexity index is 707. The Morgan fingerprint density at radius 1 is 1.07 bits per heavy atom. The minimum atomic E-state index is 0. The maximum absolute atomic E-state index is 12.7. The molecule has 1 aromatic carbocycles. The molecule has 7 heteroatoms. The summed E-state index contributed by atoms with van der Waals surface area (Å²) in [5.41, 5.74) is 1.06. The number of carbonyl (C=O) groups excluding carboxylic acids is 2. The van der Waals surface area contributed by atoms with Gasteiger partial charge < -0.3 is 20.3 Å². The lowest BCUT2D eigenvalue weighted by atomic mass is 9.88. The van der Waals surface area contributed by atoms with Crippen molar-refractivity contribution in [2.45, 2.75) is 63.6 Å². The van der Waals surface area contributed by atoms with E-state index in [4.69, 9.17) is 4.74 Å². The van der Waals surface area contributed by atoms with E-state index in [0.717, 1.165) is 37.0 Å². The maximum Gasteiger partial charge on any atom is 0.223 e. The Morgan fingerprint density at radius 3 is 2.30 bits per heavy atom. The van der Waals surface area contributed by atoms with Crippen LogP contribution in [0.25, 0.3) is 0 Å². The highest BCUT2D eigenvalue weighted by Crippen LogP contribution is 2.33. The van der Waals surface area contributed by atoms with Crippen LogP contribution in [0.2, 0.25) is 0 Å². The Balaban J connectivity index is 0.00000256. The van der Waals surface area contributed by atoms with E-state index in [9.17, 15) is 9.59 Å². The highest BCUT2D eigenvalue weighted by atomic mass is 35.5. The number of methoxy groups -OCH3 is 1. The summed E-state index contributed by atoms with van der Waals surface area (Å²) < 4.78 is 5.16. The van der Waals surface area contributed by atoms with E-state index in [0.29, 0.717) is 44.1 Å². The number of hydrogen-bond acceptors (Lipinski definition) is 4. The van der Waals surface area contributed by atoms with Crippen molar-refractivity contribution in [3.63, 3.8) is 0 Å². The number of rotatable bonds is 6. The van der Waals surface area contributed by atoms with Gasteiger partial charge in [0.2, 0.25) is 11.8 Å². The van der Waals surface area contributed by atoms with Crippen molar-refractivity contribution in [2.24, 2.45) is 11.8 Å². The second kappa shape index (κ2) is 10.5. The zero-order valence-electron chi connectivity index (χ0n) is 17.8. The number of likely N-dealkylation sites (tertiary alicyclic amines) is 1. The highest BCUT2D eigenvalue weighted by molar-refractivity contribution is 5.85. The van der Waals surface area contributed by atoms with E-state index in [1.807, 2.05) is 29.2 Å². The van der Waals surface area contributed by atoms with Crippen LogP contribution in [0.1, 0.15) is 50.5 Å². The van der Waals surface area contributed by atoms with E-state index in [1.165, 1.54) is 12.8 Å². The van der Waals surface area contributed by atoms with Gasteiger partial charge in [-0.05, 0) is 62.1 Å². The summed E-state index contributed by atoms with van der Waals surface area (Å²) in [6.45, 7) is 1.94. The number of nitrogens with one attached hydrogen (secondary N) is 2. The molecular weight excluding hydrogens is 402 g/mol. The van der Waals surface area contributed by atoms with Gasteiger partial charge >= 0.3 is 0 Å². The van der Waals surface area contributed by atoms with Gasteiger partial charge in [-0.2, -0.15) is 0 Å². The molecule has 2 amide bonds. The minimum Gasteiger partial charge on any atom is -0.497 e. The van der Waals surface area contributed by atoms with E-state index in [1.54, 1.807) is 7.11 Å². The second-order valence-corrected chi connectivity index (χ2v) is 8.90. The fraction of sp³-hybridized carbons (Fsp3) is 0.652. The first-order valence-electron chi connectivity index (χ1n) is 11.0. The quantitative estimate of drug-likeness (QED) is 0.720. The number of hydrogen-bond donors (Lipinski definition) is 2. The number of fused-ring (bicyclic) bond motifs is 2. The Kier molecular flexibility index (Phi) is 8.00. The monoisotopic (exact) mass is 435 g/mol. The average Bonchev–Trinajstić information content (AvgIpc) is 3.10. The van der Waals surface area contributed by atoms with Crippen LogP contribution in [0, 0.1) is 11.8 Å². The Morgan fingerprint density at radius 2 is 1.70 bits per heavy atom. The topological polar surface area (TPSA) is 70.7 Å². The zero-order chi connectivity index (χ0) is 20.2. The molecule has 2 bridgehead atoms. The molecule has 0 spiro atoms. The first kappa shape index (κ1) is 22.9. The number of ether oxygens (including phenoxy) is 1. The molecule has 3 saturated heterocycles. The maximum atomic E-state index is 12.7. The first-order valence-corrected chi connectivity index (χ1v) is 11.0. The van der Waals surface area contributed by atoms with E-state index in [-0.39, 0.29) is 30.1 Å². The lowest BCUT2D eigenvalue weighted by Gasteiger charge is -2.34. The van der Waals surface area contributed by atoms with Crippen molar-refractivity contribution >= 4 is 24.2 Å². The van der Waals surface area contributed by atoms with Crippen LogP contribution in [-0.2, 0) is 16.1 Å². The van der Waals surface area contributed by atoms with E-state index in [2.05, 4.69) is 10.6 Å². The number of carbonyl (C=O) groups is 2. The average molecular weight is 436 g/mol. The van der Waals surface area contributed by atoms with Crippen molar-refractivity contribution in [1.82, 2.24) is 15.5 Å². The standard InChI is InChI=1S/C23H33N3O3.ClH/c1-29-21-6-2-16(3-7-21)15-24-23(28)18-8-10-26(11-9-18)22(27)14-17-12-19-4-5-20(13-17)25-19;/h2-3,6-7,17-20,25H,4-5,8-15H2,1H3,(H,24,28);1H. The third kappa shape index (κ3) is 5.67. The second-order valence-electron chi connectivity index (χ2n) is 8.90. The summed E-state index contributed by atoms with van der Waals surface area (Å²) in [6, 6.07) is 9.00. The third-order valence-electron chi connectivity index (χ3n) is 6.88. The molecule has 0 saturated carbocycles. The molecule has 2 atom stereocenters. The van der Waals surface area contributed by atoms with Crippen molar-refractivity contribution in [3.8, 4) is 5.75 Å². The molecule has 30 heavy (non-hydrogen) atoms. The lowest BCUT2D eigenvalue weighted by molar-refractivity contribution is -0.136. The van der Waals surface area contributed by atoms with Crippen molar-refractivity contribution < 1.29 is 14.3 Å². The molecule has 3 fully saturated rings. The summed E-state index contributed by atoms with van der Waals surface area (Å²) in [5, 5.41) is 6.69. The van der Waals surface area contributed by atoms with Crippen LogP contribution < -0.4 is 15.4 Å². The molecule has 6 nitrogen and oxygen atoms in total. The molecule has 1 aromatic rings. The van der Waals surface area contributed by atoms with Gasteiger partial charge in [0.05, 0.1) is 7.11 Å². The first-order chi connectivity index (χ1) is 14.1. The molecule has 0 radical (unpaired) electrons. The van der Waals surface area contributed by atoms with Gasteiger partial charge in [-0.1, -0.05) is 12.1 Å². The molecule has 2 unspecified atom stereocenters. The fourth-order valence-electron chi connectivity index (χ4n) is 5.19. The fourth-order valence-corrected chi connectivity index (χ4v) is 5.19. The van der Waals surface area contributed by atoms with Gasteiger partial charge in [0.1, 0.15) is 5.75 Å². The molecule has 0 aliphatic carbocycles. The van der Waals surface area contributed by atoms with E-state index >= 15 is 0 Å². The predicted octanol–water partition coefficient (Wildman–Crippen LogP) is 2.89. The zero-order valence-corrected chi connectivity index (χ0v) is 18.6. The highest BCUT2D eigenvalue weighted by Gasteiger charge is 2.35. The van der Waals surface area contributed by atoms with Crippen LogP contribution in [0.4, 0.5) is 0 Å². The van der Waals surface area contributed by atoms with Crippen LogP contribution >= 0.6 is 12.4 Å². The number of amides is 2. The van der Waals surface area contributed by atoms with Crippen LogP contribution in [0.5, 0.6) is 5.75 Å². The summed E-state index contributed by atoms with van der Waals surface area (Å²) in [7, 11) is 1.64. The number of halogens is 1. The number of benzene rings is 1. The predicted molar refractivity (Wildman–Crippen MR) is 119 cm³/mol. The van der Waals surface area contributed by atoms with Crippen molar-refractivity contribution in [2.75, 3.05) is 20.2 Å². The molecule has 3 aliphatic rings. The third-order valence-corrected chi connectivity index (χ3v) is 6.88. The lowest BCUT2D eigenvalue weighted by Crippen LogP contribution is -2.44. The molecule has 4 rings (SSSR count). The van der Waals surface area contributed by atoms with Crippen LogP contribution in [-0.4, -0.2) is 49.0 Å².